The van der Waals surface area contributed by atoms with Crippen LogP contribution in [0.15, 0.2) is 53.0 Å². The van der Waals surface area contributed by atoms with Crippen molar-refractivity contribution in [2.75, 3.05) is 0 Å². The Morgan fingerprint density at radius 1 is 1.00 bits per heavy atom. The summed E-state index contributed by atoms with van der Waals surface area (Å²) in [6.07, 6.45) is 0. The van der Waals surface area contributed by atoms with Crippen molar-refractivity contribution in [2.45, 2.75) is 0 Å². The molecule has 0 saturated heterocycles. The van der Waals surface area contributed by atoms with Crippen LogP contribution >= 0.6 is 15.9 Å². The predicted molar refractivity (Wildman–Crippen MR) is 71.8 cm³/mol. The zero-order valence-electron chi connectivity index (χ0n) is 8.35. The predicted octanol–water partition coefficient (Wildman–Crippen LogP) is 3.72. The molecular formula is C13H8BrNSe. The van der Waals surface area contributed by atoms with E-state index in [0.717, 1.165) is 9.99 Å². The number of benzene rings is 2. The maximum absolute atomic E-state index is 4.69. The zero-order valence-corrected chi connectivity index (χ0v) is 11.7. The summed E-state index contributed by atoms with van der Waals surface area (Å²) in [6, 6.07) is 16.7. The van der Waals surface area contributed by atoms with Crippen LogP contribution in [-0.4, -0.2) is 19.5 Å². The van der Waals surface area contributed by atoms with Gasteiger partial charge in [0.15, 0.2) is 0 Å². The Morgan fingerprint density at radius 2 is 1.88 bits per heavy atom. The van der Waals surface area contributed by atoms with Crippen molar-refractivity contribution in [3.8, 4) is 10.1 Å². The first-order valence-electron chi connectivity index (χ1n) is 4.94. The Bertz CT molecular complexity index is 612. The Morgan fingerprint density at radius 3 is 2.69 bits per heavy atom. The minimum absolute atomic E-state index is 0.345. The van der Waals surface area contributed by atoms with E-state index in [9.17, 15) is 0 Å². The van der Waals surface area contributed by atoms with Gasteiger partial charge in [-0.05, 0) is 0 Å². The monoisotopic (exact) mass is 337 g/mol. The maximum atomic E-state index is 4.69. The summed E-state index contributed by atoms with van der Waals surface area (Å²) in [7, 11) is 0. The Kier molecular flexibility index (Phi) is 2.68. The van der Waals surface area contributed by atoms with Gasteiger partial charge >= 0.3 is 108 Å². The summed E-state index contributed by atoms with van der Waals surface area (Å²) in [5, 5.41) is 0. The fourth-order valence-corrected chi connectivity index (χ4v) is 4.03. The summed E-state index contributed by atoms with van der Waals surface area (Å²) in [6.45, 7) is 0. The molecule has 1 nitrogen and oxygen atoms in total. The fraction of sp³-hybridized carbons (Fsp3) is 0. The topological polar surface area (TPSA) is 12.9 Å². The molecule has 0 radical (unpaired) electrons. The third kappa shape index (κ3) is 1.86. The van der Waals surface area contributed by atoms with Crippen molar-refractivity contribution >= 4 is 40.2 Å². The first-order chi connectivity index (χ1) is 7.83. The Balaban J connectivity index is 2.19. The van der Waals surface area contributed by atoms with E-state index < -0.39 is 0 Å². The number of rotatable bonds is 1. The molecule has 0 aliphatic carbocycles. The van der Waals surface area contributed by atoms with E-state index >= 15 is 0 Å². The van der Waals surface area contributed by atoms with E-state index in [0.29, 0.717) is 14.5 Å². The second kappa shape index (κ2) is 4.17. The molecule has 1 aromatic heterocycles. The van der Waals surface area contributed by atoms with E-state index in [1.807, 2.05) is 12.1 Å². The van der Waals surface area contributed by atoms with Gasteiger partial charge in [-0.15, -0.1) is 0 Å². The molecule has 0 aliphatic heterocycles. The summed E-state index contributed by atoms with van der Waals surface area (Å²) < 4.78 is 3.71. The average Bonchev–Trinajstić information content (AvgIpc) is 2.72. The molecule has 78 valence electrons. The van der Waals surface area contributed by atoms with Gasteiger partial charge in [0, 0.05) is 0 Å². The molecule has 2 aromatic carbocycles. The third-order valence-electron chi connectivity index (χ3n) is 2.37. The summed E-state index contributed by atoms with van der Waals surface area (Å²) in [4.78, 5) is 4.69. The van der Waals surface area contributed by atoms with Crippen LogP contribution in [0.3, 0.4) is 0 Å². The molecule has 0 N–H and O–H groups in total. The quantitative estimate of drug-likeness (QED) is 0.617. The number of halogens is 1. The fourth-order valence-electron chi connectivity index (χ4n) is 1.62. The molecule has 3 rings (SSSR count). The molecule has 3 heteroatoms. The van der Waals surface area contributed by atoms with Crippen molar-refractivity contribution in [1.29, 1.82) is 0 Å². The number of hydrogen-bond acceptors (Lipinski definition) is 1. The molecular weight excluding hydrogens is 329 g/mol. The van der Waals surface area contributed by atoms with Crippen molar-refractivity contribution in [3.63, 3.8) is 0 Å². The molecule has 1 heterocycles. The van der Waals surface area contributed by atoms with E-state index in [1.54, 1.807) is 0 Å². The molecule has 0 bridgehead atoms. The summed E-state index contributed by atoms with van der Waals surface area (Å²) in [5.41, 5.74) is 2.36. The zero-order chi connectivity index (χ0) is 11.0. The van der Waals surface area contributed by atoms with Crippen molar-refractivity contribution < 1.29 is 0 Å². The standard InChI is InChI=1S/C13H8BrNSe/c14-10-5-3-4-9(8-10)13-15-11-6-1-2-7-12(11)16-13/h1-8H. The number of fused-ring (bicyclic) bond motifs is 1. The van der Waals surface area contributed by atoms with Crippen LogP contribution in [0.1, 0.15) is 0 Å². The first kappa shape index (κ1) is 10.3. The number of para-hydroxylation sites is 1. The van der Waals surface area contributed by atoms with Gasteiger partial charge in [-0.3, -0.25) is 0 Å². The van der Waals surface area contributed by atoms with Gasteiger partial charge in [0.1, 0.15) is 0 Å². The number of hydrogen-bond donors (Lipinski definition) is 0. The van der Waals surface area contributed by atoms with Crippen molar-refractivity contribution in [2.24, 2.45) is 0 Å². The molecule has 16 heavy (non-hydrogen) atoms. The molecule has 0 spiro atoms. The number of nitrogens with zero attached hydrogens (tertiary/aromatic N) is 1. The van der Waals surface area contributed by atoms with Crippen LogP contribution in [0.25, 0.3) is 19.9 Å². The van der Waals surface area contributed by atoms with Gasteiger partial charge in [-0.25, -0.2) is 0 Å². The normalized spacial score (nSPS) is 10.8. The van der Waals surface area contributed by atoms with Gasteiger partial charge < -0.3 is 0 Å². The number of aromatic nitrogens is 1. The Labute approximate surface area is 108 Å². The Hall–Kier alpha value is -0.891. The van der Waals surface area contributed by atoms with E-state index in [4.69, 9.17) is 0 Å². The summed E-state index contributed by atoms with van der Waals surface area (Å²) in [5.74, 6) is 0. The van der Waals surface area contributed by atoms with Crippen LogP contribution in [0, 0.1) is 0 Å². The van der Waals surface area contributed by atoms with Crippen LogP contribution in [0.4, 0.5) is 0 Å². The van der Waals surface area contributed by atoms with Gasteiger partial charge in [-0.1, -0.05) is 0 Å². The molecule has 0 saturated carbocycles. The van der Waals surface area contributed by atoms with Crippen molar-refractivity contribution in [1.82, 2.24) is 4.98 Å². The molecule has 0 aliphatic rings. The van der Waals surface area contributed by atoms with Crippen molar-refractivity contribution in [3.05, 3.63) is 53.0 Å². The average molecular weight is 337 g/mol. The second-order valence-electron chi connectivity index (χ2n) is 3.50. The first-order valence-corrected chi connectivity index (χ1v) is 7.45. The van der Waals surface area contributed by atoms with E-state index in [1.165, 1.54) is 14.4 Å². The molecule has 0 fully saturated rings. The van der Waals surface area contributed by atoms with Crippen LogP contribution in [-0.2, 0) is 0 Å². The summed E-state index contributed by atoms with van der Waals surface area (Å²) >= 11 is 3.84. The van der Waals surface area contributed by atoms with Gasteiger partial charge in [0.2, 0.25) is 0 Å². The van der Waals surface area contributed by atoms with E-state index in [2.05, 4.69) is 57.3 Å². The molecule has 3 aromatic rings. The molecule has 0 amide bonds. The minimum atomic E-state index is 0.345. The second-order valence-corrected chi connectivity index (χ2v) is 6.58. The van der Waals surface area contributed by atoms with Gasteiger partial charge in [-0.2, -0.15) is 0 Å². The van der Waals surface area contributed by atoms with Crippen LogP contribution < -0.4 is 0 Å². The molecule has 0 unspecified atom stereocenters. The van der Waals surface area contributed by atoms with Crippen LogP contribution in [0.2, 0.25) is 0 Å². The van der Waals surface area contributed by atoms with Gasteiger partial charge in [0.25, 0.3) is 0 Å². The molecule has 0 atom stereocenters. The van der Waals surface area contributed by atoms with Crippen LogP contribution in [0.5, 0.6) is 0 Å². The SMILES string of the molecule is Brc1cccc(-c2nc3ccccc3[se]2)c1. The third-order valence-corrected chi connectivity index (χ3v) is 5.14. The van der Waals surface area contributed by atoms with E-state index in [-0.39, 0.29) is 0 Å². The van der Waals surface area contributed by atoms with Gasteiger partial charge in [0.05, 0.1) is 0 Å².